The molecule has 0 radical (unpaired) electrons. The van der Waals surface area contributed by atoms with E-state index in [-0.39, 0.29) is 5.70 Å². The highest BCUT2D eigenvalue weighted by Crippen LogP contribution is 2.38. The molecule has 102 heavy (non-hydrogen) atoms. The molecule has 0 bridgehead atoms. The number of aromatic nitrogens is 6. The topological polar surface area (TPSA) is 108 Å². The van der Waals surface area contributed by atoms with Gasteiger partial charge in [-0.1, -0.05) is 311 Å². The molecule has 1 atom stereocenters. The van der Waals surface area contributed by atoms with Crippen LogP contribution in [0.2, 0.25) is 0 Å². The first-order valence-electron chi connectivity index (χ1n) is 37.9. The molecule has 12 heteroatoms. The molecule has 4 heterocycles. The van der Waals surface area contributed by atoms with Gasteiger partial charge in [0.05, 0.1) is 59.1 Å². The molecule has 12 rings (SSSR count). The van der Waals surface area contributed by atoms with Crippen LogP contribution in [0.15, 0.2) is 231 Å². The van der Waals surface area contributed by atoms with E-state index in [1.807, 2.05) is 60.7 Å². The quantitative estimate of drug-likeness (QED) is 0.0219. The fourth-order valence-corrected chi connectivity index (χ4v) is 14.9. The van der Waals surface area contributed by atoms with Gasteiger partial charge in [-0.05, 0) is 109 Å². The van der Waals surface area contributed by atoms with Gasteiger partial charge >= 0.3 is 13.7 Å². The highest BCUT2D eigenvalue weighted by atomic mass is 16.5. The Bertz CT molecular complexity index is 4690. The third kappa shape index (κ3) is 17.0. The normalized spacial score (nSPS) is 12.3. The van der Waals surface area contributed by atoms with Crippen LogP contribution in [0.3, 0.4) is 0 Å². The maximum atomic E-state index is 12.6. The lowest BCUT2D eigenvalue weighted by Crippen LogP contribution is -2.54. The summed E-state index contributed by atoms with van der Waals surface area (Å²) in [5, 5.41) is 15.3. The number of para-hydroxylation sites is 4. The van der Waals surface area contributed by atoms with Gasteiger partial charge in [0.25, 0.3) is 0 Å². The van der Waals surface area contributed by atoms with Crippen molar-refractivity contribution in [3.05, 3.63) is 264 Å². The summed E-state index contributed by atoms with van der Waals surface area (Å²) in [6, 6.07) is 77.9. The van der Waals surface area contributed by atoms with Crippen molar-refractivity contribution in [3.8, 4) is 40.1 Å². The van der Waals surface area contributed by atoms with Crippen molar-refractivity contribution in [3.63, 3.8) is 0 Å². The molecule has 0 saturated heterocycles. The van der Waals surface area contributed by atoms with E-state index in [0.29, 0.717) is 74.8 Å². The van der Waals surface area contributed by atoms with E-state index < -0.39 is 13.7 Å². The Morgan fingerprint density at radius 2 is 0.775 bits per heavy atom. The van der Waals surface area contributed by atoms with Crippen molar-refractivity contribution in [1.82, 2.24) is 28.9 Å². The molecule has 0 aliphatic heterocycles. The van der Waals surface area contributed by atoms with Crippen LogP contribution in [0.25, 0.3) is 71.5 Å². The summed E-state index contributed by atoms with van der Waals surface area (Å²) in [6.45, 7) is 18.9. The number of nitriles is 1. The molecule has 4 aromatic heterocycles. The van der Waals surface area contributed by atoms with Crippen molar-refractivity contribution < 1.29 is 9.47 Å². The van der Waals surface area contributed by atoms with E-state index in [9.17, 15) is 11.8 Å². The molecule has 0 spiro atoms. The lowest BCUT2D eigenvalue weighted by Gasteiger charge is -2.24. The van der Waals surface area contributed by atoms with Gasteiger partial charge in [-0.25, -0.2) is 9.83 Å². The maximum absolute atomic E-state index is 12.6. The SMILES string of the molecule is [C-]#[N+]/C(c1cnc2ccccc2n1)=c1\c2c(-c3ccc(OCC(CC)CC)cc3)n(B(c3ccccc3)c3ccccc3)/c(=C(/C#N)c3cnc4ccccc4n3)c2c(-c2ccc(OCC(CCCCCCCCC)CCCCCCCCCCC)cc2)n1B(c1ccccc1)c1ccccc1. The summed E-state index contributed by atoms with van der Waals surface area (Å²) < 4.78 is 18.5. The average molecular weight is 1340 g/mol. The highest BCUT2D eigenvalue weighted by Gasteiger charge is 2.37. The Hall–Kier alpha value is -10.3. The first kappa shape index (κ1) is 71.5. The summed E-state index contributed by atoms with van der Waals surface area (Å²) in [4.78, 5) is 25.6. The van der Waals surface area contributed by atoms with E-state index in [2.05, 4.69) is 200 Å². The molecule has 12 aromatic rings. The van der Waals surface area contributed by atoms with Crippen LogP contribution in [0, 0.1) is 29.7 Å². The number of benzene rings is 8. The minimum atomic E-state index is -0.572. The maximum Gasteiger partial charge on any atom is 0.328 e. The number of unbranched alkanes of at least 4 members (excludes halogenated alkanes) is 14. The third-order valence-electron chi connectivity index (χ3n) is 20.5. The van der Waals surface area contributed by atoms with Crippen LogP contribution < -0.4 is 42.0 Å². The number of nitrogens with zero attached hydrogens (tertiary/aromatic N) is 8. The summed E-state index contributed by atoms with van der Waals surface area (Å²) in [5.74, 6) is 2.38. The van der Waals surface area contributed by atoms with Gasteiger partial charge in [-0.3, -0.25) is 15.0 Å². The van der Waals surface area contributed by atoms with Crippen LogP contribution in [-0.4, -0.2) is 55.8 Å². The summed E-state index contributed by atoms with van der Waals surface area (Å²) in [7, 11) is 0. The number of rotatable bonds is 36. The van der Waals surface area contributed by atoms with Crippen LogP contribution >= 0.6 is 0 Å². The molecule has 0 aliphatic rings. The standard InChI is InChI=1S/C90H96B2N8O2/c1-6-10-12-14-16-17-19-21-27-41-68(40-26-20-18-15-13-11-7-2)66-102-76-60-54-69(55-61-76)87-84-85(90(86(94-5)83-64-96-79-51-37-39-53-81(79)98-83)100(87)92(73-46-32-24-33-47-73)74-48-34-25-35-49-74)88(70-56-58-75(59-57-70)101-65-67(8-3)9-4)99(91(71-42-28-22-29-43-71)72-44-30-23-31-45-72)89(84)77(62-93)82-63-95-78-50-36-38-52-80(78)97-82/h22-25,28-39,42-61,63-64,67-68H,6-21,26-27,40-41,65-66H2,1-4H3/b89-77-,90-86+. The average Bonchev–Trinajstić information content (AvgIpc) is 1.52. The Labute approximate surface area is 605 Å². The third-order valence-corrected chi connectivity index (χ3v) is 20.5. The van der Waals surface area contributed by atoms with Gasteiger partial charge in [0.1, 0.15) is 28.8 Å². The minimum Gasteiger partial charge on any atom is -0.493 e. The molecule has 0 N–H and O–H groups in total. The fraction of sp³-hybridized carbons (Fsp3) is 0.311. The van der Waals surface area contributed by atoms with Crippen molar-refractivity contribution in [2.75, 3.05) is 13.2 Å². The molecule has 1 unspecified atom stereocenters. The van der Waals surface area contributed by atoms with E-state index in [1.54, 1.807) is 12.4 Å². The van der Waals surface area contributed by atoms with Crippen molar-refractivity contribution in [2.45, 2.75) is 156 Å². The summed E-state index contributed by atoms with van der Waals surface area (Å²) in [6.07, 6.45) is 28.5. The van der Waals surface area contributed by atoms with Gasteiger partial charge in [-0.15, -0.1) is 0 Å². The molecule has 0 amide bonds. The zero-order valence-electron chi connectivity index (χ0n) is 60.2. The van der Waals surface area contributed by atoms with E-state index in [4.69, 9.17) is 34.3 Å². The molecule has 0 saturated carbocycles. The second kappa shape index (κ2) is 36.4. The molecule has 0 aliphatic carbocycles. The lowest BCUT2D eigenvalue weighted by atomic mass is 9.50. The second-order valence-corrected chi connectivity index (χ2v) is 27.5. The summed E-state index contributed by atoms with van der Waals surface area (Å²) in [5.41, 5.74) is 11.3. The summed E-state index contributed by atoms with van der Waals surface area (Å²) >= 11 is 0. The number of ether oxygens (including phenoxy) is 2. The van der Waals surface area contributed by atoms with Gasteiger partial charge in [0, 0.05) is 33.7 Å². The second-order valence-electron chi connectivity index (χ2n) is 27.5. The first-order valence-corrected chi connectivity index (χ1v) is 37.9. The van der Waals surface area contributed by atoms with Gasteiger partial charge in [0.15, 0.2) is 0 Å². The predicted octanol–water partition coefficient (Wildman–Crippen LogP) is 18.6. The molecule has 514 valence electrons. The first-order chi connectivity index (χ1) is 50.4. The molecular formula is C90H96B2N8O2. The minimum absolute atomic E-state index is 0.287. The van der Waals surface area contributed by atoms with Gasteiger partial charge < -0.3 is 18.4 Å². The van der Waals surface area contributed by atoms with Gasteiger partial charge in [-0.2, -0.15) is 5.26 Å². The Balaban J connectivity index is 1.19. The van der Waals surface area contributed by atoms with Crippen LogP contribution in [0.5, 0.6) is 11.5 Å². The highest BCUT2D eigenvalue weighted by molar-refractivity contribution is 6.85. The van der Waals surface area contributed by atoms with Crippen LogP contribution in [-0.2, 0) is 0 Å². The Morgan fingerprint density at radius 3 is 1.18 bits per heavy atom. The smallest absolute Gasteiger partial charge is 0.328 e. The number of hydrogen-bond donors (Lipinski definition) is 0. The number of fused-ring (bicyclic) bond motifs is 3. The van der Waals surface area contributed by atoms with Crippen molar-refractivity contribution in [2.24, 2.45) is 11.8 Å². The number of hydrogen-bond acceptors (Lipinski definition) is 7. The Kier molecular flexibility index (Phi) is 25.5. The van der Waals surface area contributed by atoms with E-state index >= 15 is 0 Å². The molecule has 8 aromatic carbocycles. The fourth-order valence-electron chi connectivity index (χ4n) is 14.9. The zero-order chi connectivity index (χ0) is 70.2. The van der Waals surface area contributed by atoms with Gasteiger partial charge in [0.2, 0.25) is 5.70 Å². The van der Waals surface area contributed by atoms with Crippen LogP contribution in [0.1, 0.15) is 167 Å². The Morgan fingerprint density at radius 1 is 0.422 bits per heavy atom. The zero-order valence-corrected chi connectivity index (χ0v) is 60.2. The molecular weight excluding hydrogens is 1250 g/mol. The van der Waals surface area contributed by atoms with Crippen molar-refractivity contribution >= 4 is 79.7 Å². The predicted molar refractivity (Wildman–Crippen MR) is 426 cm³/mol. The van der Waals surface area contributed by atoms with E-state index in [1.165, 1.54) is 103 Å². The van der Waals surface area contributed by atoms with Crippen LogP contribution in [0.4, 0.5) is 0 Å². The monoisotopic (exact) mass is 1340 g/mol. The van der Waals surface area contributed by atoms with Crippen molar-refractivity contribution in [1.29, 1.82) is 5.26 Å². The lowest BCUT2D eigenvalue weighted by molar-refractivity contribution is 0.224. The van der Waals surface area contributed by atoms with E-state index in [0.717, 1.165) is 92.3 Å². The molecule has 0 fully saturated rings. The largest absolute Gasteiger partial charge is 0.493 e. The molecule has 10 nitrogen and oxygen atoms in total.